The van der Waals surface area contributed by atoms with Crippen LogP contribution < -0.4 is 5.32 Å². The van der Waals surface area contributed by atoms with Crippen molar-refractivity contribution in [1.82, 2.24) is 9.80 Å². The zero-order chi connectivity index (χ0) is 19.2. The van der Waals surface area contributed by atoms with E-state index in [1.54, 1.807) is 11.0 Å². The molecule has 0 aliphatic carbocycles. The molecule has 1 fully saturated rings. The number of carbonyl (C=O) groups excluding carboxylic acids is 2. The van der Waals surface area contributed by atoms with Crippen molar-refractivity contribution in [2.75, 3.05) is 38.0 Å². The fourth-order valence-electron chi connectivity index (χ4n) is 2.87. The predicted octanol–water partition coefficient (Wildman–Crippen LogP) is 2.52. The first-order valence-electron chi connectivity index (χ1n) is 8.81. The number of halogens is 1. The molecule has 3 rings (SSSR count). The summed E-state index contributed by atoms with van der Waals surface area (Å²) in [6.07, 6.45) is 3.17. The Morgan fingerprint density at radius 3 is 2.44 bits per heavy atom. The van der Waals surface area contributed by atoms with Crippen LogP contribution >= 0.6 is 0 Å². The van der Waals surface area contributed by atoms with Gasteiger partial charge in [0.1, 0.15) is 17.3 Å². The minimum atomic E-state index is -0.343. The van der Waals surface area contributed by atoms with E-state index in [1.807, 2.05) is 24.0 Å². The van der Waals surface area contributed by atoms with Gasteiger partial charge in [0.25, 0.3) is 0 Å². The maximum absolute atomic E-state index is 12.9. The van der Waals surface area contributed by atoms with Gasteiger partial charge in [-0.3, -0.25) is 14.5 Å². The van der Waals surface area contributed by atoms with Crippen molar-refractivity contribution in [1.29, 1.82) is 0 Å². The van der Waals surface area contributed by atoms with Crippen molar-refractivity contribution in [2.24, 2.45) is 0 Å². The Morgan fingerprint density at radius 1 is 1.11 bits per heavy atom. The highest BCUT2D eigenvalue weighted by atomic mass is 19.1. The lowest BCUT2D eigenvalue weighted by molar-refractivity contribution is -0.127. The van der Waals surface area contributed by atoms with Crippen LogP contribution in [0, 0.1) is 12.7 Å². The molecule has 2 heterocycles. The summed E-state index contributed by atoms with van der Waals surface area (Å²) >= 11 is 0. The van der Waals surface area contributed by atoms with Crippen LogP contribution in [0.1, 0.15) is 11.5 Å². The normalized spacial score (nSPS) is 15.3. The second kappa shape index (κ2) is 8.64. The topological polar surface area (TPSA) is 65.8 Å². The smallest absolute Gasteiger partial charge is 0.246 e. The van der Waals surface area contributed by atoms with E-state index in [-0.39, 0.29) is 24.2 Å². The summed E-state index contributed by atoms with van der Waals surface area (Å²) in [7, 11) is 0. The first kappa shape index (κ1) is 18.8. The van der Waals surface area contributed by atoms with E-state index < -0.39 is 0 Å². The van der Waals surface area contributed by atoms with E-state index in [9.17, 15) is 14.0 Å². The second-order valence-electron chi connectivity index (χ2n) is 6.44. The monoisotopic (exact) mass is 371 g/mol. The molecule has 0 atom stereocenters. The van der Waals surface area contributed by atoms with Crippen LogP contribution in [0.25, 0.3) is 6.08 Å². The lowest BCUT2D eigenvalue weighted by Gasteiger charge is -2.33. The predicted molar refractivity (Wildman–Crippen MR) is 101 cm³/mol. The van der Waals surface area contributed by atoms with E-state index >= 15 is 0 Å². The third-order valence-corrected chi connectivity index (χ3v) is 4.33. The molecule has 1 aliphatic heterocycles. The molecule has 2 amide bonds. The summed E-state index contributed by atoms with van der Waals surface area (Å²) in [6, 6.07) is 9.32. The van der Waals surface area contributed by atoms with Gasteiger partial charge in [0.05, 0.1) is 6.54 Å². The largest absolute Gasteiger partial charge is 0.462 e. The van der Waals surface area contributed by atoms with E-state index in [1.165, 1.54) is 30.3 Å². The lowest BCUT2D eigenvalue weighted by Crippen LogP contribution is -2.50. The molecule has 6 nitrogen and oxygen atoms in total. The fraction of sp³-hybridized carbons (Fsp3) is 0.300. The third kappa shape index (κ3) is 5.52. The number of aryl methyl sites for hydroxylation is 1. The molecule has 27 heavy (non-hydrogen) atoms. The number of nitrogens with zero attached hydrogens (tertiary/aromatic N) is 2. The van der Waals surface area contributed by atoms with Gasteiger partial charge in [0.2, 0.25) is 11.8 Å². The highest BCUT2D eigenvalue weighted by Gasteiger charge is 2.21. The standard InChI is InChI=1S/C20H22FN3O3/c1-15-2-7-18(27-15)8-9-20(26)24-12-10-23(11-13-24)14-19(25)22-17-5-3-16(21)4-6-17/h2-9H,10-14H2,1H3,(H,22,25)/b9-8+. The quantitative estimate of drug-likeness (QED) is 0.821. The van der Waals surface area contributed by atoms with Crippen LogP contribution in [-0.2, 0) is 9.59 Å². The third-order valence-electron chi connectivity index (χ3n) is 4.33. The second-order valence-corrected chi connectivity index (χ2v) is 6.44. The van der Waals surface area contributed by atoms with Crippen LogP contribution in [0.15, 0.2) is 46.9 Å². The molecule has 142 valence electrons. The van der Waals surface area contributed by atoms with E-state index in [4.69, 9.17) is 4.42 Å². The van der Waals surface area contributed by atoms with Gasteiger partial charge in [0.15, 0.2) is 0 Å². The Kier molecular flexibility index (Phi) is 6.03. The lowest BCUT2D eigenvalue weighted by atomic mass is 10.2. The molecule has 0 radical (unpaired) electrons. The van der Waals surface area contributed by atoms with Gasteiger partial charge in [-0.05, 0) is 49.4 Å². The van der Waals surface area contributed by atoms with Crippen molar-refractivity contribution in [3.63, 3.8) is 0 Å². The highest BCUT2D eigenvalue weighted by Crippen LogP contribution is 2.10. The summed E-state index contributed by atoms with van der Waals surface area (Å²) in [4.78, 5) is 28.1. The number of piperazine rings is 1. The number of carbonyl (C=O) groups is 2. The van der Waals surface area contributed by atoms with E-state index in [2.05, 4.69) is 5.32 Å². The number of nitrogens with one attached hydrogen (secondary N) is 1. The van der Waals surface area contributed by atoms with Crippen molar-refractivity contribution >= 4 is 23.6 Å². The van der Waals surface area contributed by atoms with Crippen molar-refractivity contribution in [3.05, 3.63) is 59.8 Å². The molecule has 0 saturated carbocycles. The Balaban J connectivity index is 1.42. The van der Waals surface area contributed by atoms with Crippen molar-refractivity contribution in [2.45, 2.75) is 6.92 Å². The molecule has 0 unspecified atom stereocenters. The summed E-state index contributed by atoms with van der Waals surface area (Å²) < 4.78 is 18.3. The first-order chi connectivity index (χ1) is 13.0. The minimum absolute atomic E-state index is 0.0699. The summed E-state index contributed by atoms with van der Waals surface area (Å²) in [5, 5.41) is 2.74. The van der Waals surface area contributed by atoms with Crippen LogP contribution in [-0.4, -0.2) is 54.3 Å². The molecule has 2 aromatic rings. The van der Waals surface area contributed by atoms with E-state index in [0.29, 0.717) is 37.6 Å². The number of furan rings is 1. The zero-order valence-corrected chi connectivity index (χ0v) is 15.2. The zero-order valence-electron chi connectivity index (χ0n) is 15.2. The number of rotatable bonds is 5. The Labute approximate surface area is 157 Å². The van der Waals surface area contributed by atoms with Crippen molar-refractivity contribution < 1.29 is 18.4 Å². The van der Waals surface area contributed by atoms with Crippen molar-refractivity contribution in [3.8, 4) is 0 Å². The first-order valence-corrected chi connectivity index (χ1v) is 8.81. The molecular formula is C20H22FN3O3. The fourth-order valence-corrected chi connectivity index (χ4v) is 2.87. The number of hydrogen-bond donors (Lipinski definition) is 1. The number of amides is 2. The average molecular weight is 371 g/mol. The van der Waals surface area contributed by atoms with Gasteiger partial charge in [-0.2, -0.15) is 0 Å². The average Bonchev–Trinajstić information content (AvgIpc) is 3.07. The van der Waals surface area contributed by atoms with Gasteiger partial charge in [-0.25, -0.2) is 4.39 Å². The Morgan fingerprint density at radius 2 is 1.81 bits per heavy atom. The molecule has 0 bridgehead atoms. The SMILES string of the molecule is Cc1ccc(/C=C/C(=O)N2CCN(CC(=O)Nc3ccc(F)cc3)CC2)o1. The number of hydrogen-bond acceptors (Lipinski definition) is 4. The van der Waals surface area contributed by atoms with Gasteiger partial charge < -0.3 is 14.6 Å². The molecule has 1 aromatic carbocycles. The summed E-state index contributed by atoms with van der Waals surface area (Å²) in [5.74, 6) is 0.880. The van der Waals surface area contributed by atoms with Crippen LogP contribution in [0.2, 0.25) is 0 Å². The molecule has 7 heteroatoms. The van der Waals surface area contributed by atoms with Crippen LogP contribution in [0.5, 0.6) is 0 Å². The van der Waals surface area contributed by atoms with E-state index in [0.717, 1.165) is 5.76 Å². The Hall–Kier alpha value is -2.93. The molecule has 1 saturated heterocycles. The highest BCUT2D eigenvalue weighted by molar-refractivity contribution is 5.92. The van der Waals surface area contributed by atoms with Crippen LogP contribution in [0.3, 0.4) is 0 Å². The maximum atomic E-state index is 12.9. The number of anilines is 1. The number of benzene rings is 1. The van der Waals surface area contributed by atoms with Gasteiger partial charge in [-0.15, -0.1) is 0 Å². The van der Waals surface area contributed by atoms with Gasteiger partial charge >= 0.3 is 0 Å². The molecule has 1 aliphatic rings. The molecule has 0 spiro atoms. The molecule has 1 aromatic heterocycles. The summed E-state index contributed by atoms with van der Waals surface area (Å²) in [6.45, 7) is 4.45. The van der Waals surface area contributed by atoms with Gasteiger partial charge in [0, 0.05) is 37.9 Å². The van der Waals surface area contributed by atoms with Crippen LogP contribution in [0.4, 0.5) is 10.1 Å². The molecule has 1 N–H and O–H groups in total. The van der Waals surface area contributed by atoms with Gasteiger partial charge in [-0.1, -0.05) is 0 Å². The minimum Gasteiger partial charge on any atom is -0.462 e. The summed E-state index contributed by atoms with van der Waals surface area (Å²) in [5.41, 5.74) is 0.563. The molecular weight excluding hydrogens is 349 g/mol. The Bertz CT molecular complexity index is 821. The maximum Gasteiger partial charge on any atom is 0.246 e.